The highest BCUT2D eigenvalue weighted by Crippen LogP contribution is 2.27. The lowest BCUT2D eigenvalue weighted by atomic mass is 10.1. The van der Waals surface area contributed by atoms with Gasteiger partial charge in [0.25, 0.3) is 0 Å². The average Bonchev–Trinajstić information content (AvgIpc) is 2.42. The number of halogens is 1. The number of methoxy groups -OCH3 is 1. The summed E-state index contributed by atoms with van der Waals surface area (Å²) in [5.41, 5.74) is 8.58. The first-order valence-electron chi connectivity index (χ1n) is 5.61. The number of nitrogen functional groups attached to an aromatic ring is 1. The number of para-hydroxylation sites is 1. The van der Waals surface area contributed by atoms with Gasteiger partial charge in [-0.1, -0.05) is 12.1 Å². The van der Waals surface area contributed by atoms with Crippen LogP contribution in [0.4, 0.5) is 17.1 Å². The molecule has 0 unspecified atom stereocenters. The highest BCUT2D eigenvalue weighted by molar-refractivity contribution is 14.1. The number of nitrogens with one attached hydrogen (secondary N) is 1. The summed E-state index contributed by atoms with van der Waals surface area (Å²) in [5, 5.41) is 3.22. The van der Waals surface area contributed by atoms with E-state index in [0.29, 0.717) is 16.9 Å². The molecule has 0 radical (unpaired) electrons. The van der Waals surface area contributed by atoms with Crippen LogP contribution in [0.25, 0.3) is 0 Å². The maximum atomic E-state index is 11.5. The summed E-state index contributed by atoms with van der Waals surface area (Å²) < 4.78 is 5.77. The summed E-state index contributed by atoms with van der Waals surface area (Å²) in [6.45, 7) is 0. The molecular weight excluding hydrogens is 355 g/mol. The molecule has 0 aliphatic rings. The van der Waals surface area contributed by atoms with E-state index in [-0.39, 0.29) is 5.97 Å². The minimum absolute atomic E-state index is 0.384. The van der Waals surface area contributed by atoms with Crippen molar-refractivity contribution in [3.63, 3.8) is 0 Å². The molecule has 0 heterocycles. The SMILES string of the molecule is COC(=O)c1ccc(N)c(Nc2ccccc2I)c1. The van der Waals surface area contributed by atoms with E-state index in [0.717, 1.165) is 9.26 Å². The van der Waals surface area contributed by atoms with Crippen LogP contribution in [0.2, 0.25) is 0 Å². The summed E-state index contributed by atoms with van der Waals surface area (Å²) in [6.07, 6.45) is 0. The van der Waals surface area contributed by atoms with E-state index in [2.05, 4.69) is 27.9 Å². The van der Waals surface area contributed by atoms with Crippen molar-refractivity contribution >= 4 is 45.6 Å². The minimum Gasteiger partial charge on any atom is -0.465 e. The highest BCUT2D eigenvalue weighted by Gasteiger charge is 2.09. The second-order valence-corrected chi connectivity index (χ2v) is 5.06. The Hall–Kier alpha value is -1.76. The molecule has 0 fully saturated rings. The van der Waals surface area contributed by atoms with Crippen LogP contribution in [0, 0.1) is 3.57 Å². The summed E-state index contributed by atoms with van der Waals surface area (Å²) in [5.74, 6) is -0.384. The van der Waals surface area contributed by atoms with Gasteiger partial charge in [0.2, 0.25) is 0 Å². The molecule has 0 aliphatic carbocycles. The van der Waals surface area contributed by atoms with Gasteiger partial charge in [0.1, 0.15) is 0 Å². The Kier molecular flexibility index (Phi) is 4.26. The zero-order valence-corrected chi connectivity index (χ0v) is 12.5. The Labute approximate surface area is 125 Å². The predicted molar refractivity (Wildman–Crippen MR) is 84.6 cm³/mol. The third-order valence-electron chi connectivity index (χ3n) is 2.62. The summed E-state index contributed by atoms with van der Waals surface area (Å²) in [4.78, 5) is 11.5. The lowest BCUT2D eigenvalue weighted by molar-refractivity contribution is 0.0601. The normalized spacial score (nSPS) is 10.0. The Bertz CT molecular complexity index is 614. The average molecular weight is 368 g/mol. The number of nitrogens with two attached hydrogens (primary N) is 1. The van der Waals surface area contributed by atoms with E-state index in [1.807, 2.05) is 24.3 Å². The van der Waals surface area contributed by atoms with E-state index in [9.17, 15) is 4.79 Å². The number of esters is 1. The van der Waals surface area contributed by atoms with E-state index in [4.69, 9.17) is 10.5 Å². The first-order valence-corrected chi connectivity index (χ1v) is 6.69. The van der Waals surface area contributed by atoms with Gasteiger partial charge in [-0.15, -0.1) is 0 Å². The van der Waals surface area contributed by atoms with Gasteiger partial charge >= 0.3 is 5.97 Å². The topological polar surface area (TPSA) is 64.3 Å². The zero-order chi connectivity index (χ0) is 13.8. The van der Waals surface area contributed by atoms with E-state index < -0.39 is 0 Å². The van der Waals surface area contributed by atoms with Crippen molar-refractivity contribution < 1.29 is 9.53 Å². The molecule has 0 bridgehead atoms. The molecule has 5 heteroatoms. The molecule has 0 aromatic heterocycles. The number of carbonyl (C=O) groups excluding carboxylic acids is 1. The number of benzene rings is 2. The number of carbonyl (C=O) groups is 1. The van der Waals surface area contributed by atoms with Gasteiger partial charge in [0, 0.05) is 3.57 Å². The third-order valence-corrected chi connectivity index (χ3v) is 3.56. The molecule has 0 saturated heterocycles. The van der Waals surface area contributed by atoms with Gasteiger partial charge in [0.15, 0.2) is 0 Å². The van der Waals surface area contributed by atoms with Crippen molar-refractivity contribution in [2.24, 2.45) is 0 Å². The molecule has 0 spiro atoms. The smallest absolute Gasteiger partial charge is 0.337 e. The Morgan fingerprint density at radius 1 is 1.21 bits per heavy atom. The largest absolute Gasteiger partial charge is 0.465 e. The number of rotatable bonds is 3. The van der Waals surface area contributed by atoms with E-state index >= 15 is 0 Å². The lowest BCUT2D eigenvalue weighted by Gasteiger charge is -2.12. The van der Waals surface area contributed by atoms with Crippen LogP contribution >= 0.6 is 22.6 Å². The highest BCUT2D eigenvalue weighted by atomic mass is 127. The van der Waals surface area contributed by atoms with Crippen LogP contribution in [0.3, 0.4) is 0 Å². The molecule has 0 aliphatic heterocycles. The van der Waals surface area contributed by atoms with Crippen LogP contribution in [0.15, 0.2) is 42.5 Å². The number of hydrogen-bond donors (Lipinski definition) is 2. The second-order valence-electron chi connectivity index (χ2n) is 3.90. The predicted octanol–water partition coefficient (Wildman–Crippen LogP) is 3.40. The van der Waals surface area contributed by atoms with Crippen LogP contribution in [0.5, 0.6) is 0 Å². The molecular formula is C14H13IN2O2. The van der Waals surface area contributed by atoms with Gasteiger partial charge in [-0.05, 0) is 52.9 Å². The van der Waals surface area contributed by atoms with Gasteiger partial charge in [-0.25, -0.2) is 4.79 Å². The van der Waals surface area contributed by atoms with Gasteiger partial charge in [-0.3, -0.25) is 0 Å². The van der Waals surface area contributed by atoms with Crippen molar-refractivity contribution in [2.75, 3.05) is 18.2 Å². The second kappa shape index (κ2) is 5.92. The quantitative estimate of drug-likeness (QED) is 0.495. The first-order chi connectivity index (χ1) is 9.11. The number of hydrogen-bond acceptors (Lipinski definition) is 4. The van der Waals surface area contributed by atoms with Crippen molar-refractivity contribution in [3.8, 4) is 0 Å². The number of anilines is 3. The lowest BCUT2D eigenvalue weighted by Crippen LogP contribution is -2.04. The maximum Gasteiger partial charge on any atom is 0.337 e. The summed E-state index contributed by atoms with van der Waals surface area (Å²) in [7, 11) is 1.35. The fraction of sp³-hybridized carbons (Fsp3) is 0.0714. The first kappa shape index (κ1) is 13.7. The fourth-order valence-electron chi connectivity index (χ4n) is 1.62. The van der Waals surface area contributed by atoms with E-state index in [1.165, 1.54) is 7.11 Å². The molecule has 2 rings (SSSR count). The monoisotopic (exact) mass is 368 g/mol. The van der Waals surface area contributed by atoms with Gasteiger partial charge < -0.3 is 15.8 Å². The third kappa shape index (κ3) is 3.17. The zero-order valence-electron chi connectivity index (χ0n) is 10.3. The molecule has 0 atom stereocenters. The van der Waals surface area contributed by atoms with Gasteiger partial charge in [0.05, 0.1) is 29.7 Å². The van der Waals surface area contributed by atoms with E-state index in [1.54, 1.807) is 18.2 Å². The molecule has 2 aromatic carbocycles. The molecule has 0 amide bonds. The molecule has 98 valence electrons. The van der Waals surface area contributed by atoms with Crippen LogP contribution < -0.4 is 11.1 Å². The van der Waals surface area contributed by atoms with Crippen molar-refractivity contribution in [3.05, 3.63) is 51.6 Å². The van der Waals surface area contributed by atoms with Crippen molar-refractivity contribution in [2.45, 2.75) is 0 Å². The minimum atomic E-state index is -0.384. The number of ether oxygens (including phenoxy) is 1. The van der Waals surface area contributed by atoms with Crippen molar-refractivity contribution in [1.82, 2.24) is 0 Å². The fourth-order valence-corrected chi connectivity index (χ4v) is 2.14. The molecule has 2 aromatic rings. The standard InChI is InChI=1S/C14H13IN2O2/c1-19-14(18)9-6-7-11(16)13(8-9)17-12-5-3-2-4-10(12)15/h2-8,17H,16H2,1H3. The Morgan fingerprint density at radius 3 is 2.63 bits per heavy atom. The van der Waals surface area contributed by atoms with Crippen LogP contribution in [-0.2, 0) is 4.74 Å². The van der Waals surface area contributed by atoms with Gasteiger partial charge in [-0.2, -0.15) is 0 Å². The Morgan fingerprint density at radius 2 is 1.95 bits per heavy atom. The summed E-state index contributed by atoms with van der Waals surface area (Å²) in [6, 6.07) is 12.8. The Balaban J connectivity index is 2.34. The molecule has 4 nitrogen and oxygen atoms in total. The summed E-state index contributed by atoms with van der Waals surface area (Å²) >= 11 is 2.23. The van der Waals surface area contributed by atoms with Crippen LogP contribution in [0.1, 0.15) is 10.4 Å². The van der Waals surface area contributed by atoms with Crippen molar-refractivity contribution in [1.29, 1.82) is 0 Å². The maximum absolute atomic E-state index is 11.5. The molecule has 0 saturated carbocycles. The van der Waals surface area contributed by atoms with Crippen LogP contribution in [-0.4, -0.2) is 13.1 Å². The molecule has 19 heavy (non-hydrogen) atoms. The molecule has 3 N–H and O–H groups in total.